The molecular formula is C11H14N4O2S. The first-order valence-electron chi connectivity index (χ1n) is 5.61. The molecule has 2 rings (SSSR count). The normalized spacial score (nSPS) is 21.4. The van der Waals surface area contributed by atoms with E-state index >= 15 is 0 Å². The third kappa shape index (κ3) is 2.90. The molecule has 1 unspecified atom stereocenters. The molecule has 0 amide bonds. The van der Waals surface area contributed by atoms with Gasteiger partial charge in [-0.05, 0) is 24.5 Å². The maximum Gasteiger partial charge on any atom is 0.165 e. The fourth-order valence-corrected chi connectivity index (χ4v) is 3.80. The van der Waals surface area contributed by atoms with Crippen molar-refractivity contribution in [1.29, 1.82) is 5.26 Å². The zero-order chi connectivity index (χ0) is 13.2. The lowest BCUT2D eigenvalue weighted by Gasteiger charge is -2.10. The Kier molecular flexibility index (Phi) is 3.39. The van der Waals surface area contributed by atoms with Crippen molar-refractivity contribution in [3.8, 4) is 6.07 Å². The monoisotopic (exact) mass is 266 g/mol. The first-order chi connectivity index (χ1) is 8.50. The second kappa shape index (κ2) is 4.82. The maximum absolute atomic E-state index is 11.3. The van der Waals surface area contributed by atoms with Gasteiger partial charge in [0.15, 0.2) is 15.5 Å². The molecule has 1 aromatic heterocycles. The van der Waals surface area contributed by atoms with Crippen LogP contribution in [0.25, 0.3) is 0 Å². The average Bonchev–Trinajstić information content (AvgIpc) is 2.68. The minimum atomic E-state index is -2.85. The molecule has 0 aromatic carbocycles. The molecule has 0 radical (unpaired) electrons. The Morgan fingerprint density at radius 2 is 2.33 bits per heavy atom. The fraction of sp³-hybridized carbons (Fsp3) is 0.455. The summed E-state index contributed by atoms with van der Waals surface area (Å²) in [6.07, 6.45) is 0.676. The molecule has 7 heteroatoms. The van der Waals surface area contributed by atoms with Crippen LogP contribution in [0, 0.1) is 17.2 Å². The topological polar surface area (TPSA) is 109 Å². The number of hydrogen-bond acceptors (Lipinski definition) is 6. The van der Waals surface area contributed by atoms with Crippen LogP contribution >= 0.6 is 0 Å². The molecule has 1 aromatic rings. The van der Waals surface area contributed by atoms with E-state index in [-0.39, 0.29) is 23.1 Å². The number of sulfone groups is 1. The molecule has 2 heterocycles. The number of nitrogens with one attached hydrogen (secondary N) is 1. The van der Waals surface area contributed by atoms with Gasteiger partial charge in [0.25, 0.3) is 0 Å². The highest BCUT2D eigenvalue weighted by molar-refractivity contribution is 7.91. The molecular weight excluding hydrogens is 252 g/mol. The Hall–Kier alpha value is -1.81. The van der Waals surface area contributed by atoms with Crippen molar-refractivity contribution in [2.45, 2.75) is 6.42 Å². The standard InChI is InChI=1S/C11H14N4O2S/c12-5-10-9(13)1-2-11(15-10)14-6-8-3-4-18(16,17)7-8/h1-2,8H,3-4,6-7,13H2,(H,14,15). The van der Waals surface area contributed by atoms with Crippen LogP contribution in [0.2, 0.25) is 0 Å². The van der Waals surface area contributed by atoms with E-state index in [2.05, 4.69) is 10.3 Å². The summed E-state index contributed by atoms with van der Waals surface area (Å²) in [5.41, 5.74) is 6.08. The molecule has 96 valence electrons. The predicted molar refractivity (Wildman–Crippen MR) is 68.6 cm³/mol. The van der Waals surface area contributed by atoms with E-state index in [1.54, 1.807) is 12.1 Å². The lowest BCUT2D eigenvalue weighted by atomic mass is 10.1. The van der Waals surface area contributed by atoms with E-state index in [1.807, 2.05) is 6.07 Å². The highest BCUT2D eigenvalue weighted by Crippen LogP contribution is 2.19. The minimum Gasteiger partial charge on any atom is -0.396 e. The van der Waals surface area contributed by atoms with E-state index in [0.29, 0.717) is 24.5 Å². The van der Waals surface area contributed by atoms with Crippen LogP contribution in [0.1, 0.15) is 12.1 Å². The number of aromatic nitrogens is 1. The van der Waals surface area contributed by atoms with Gasteiger partial charge in [0.05, 0.1) is 17.2 Å². The summed E-state index contributed by atoms with van der Waals surface area (Å²) in [5.74, 6) is 1.14. The summed E-state index contributed by atoms with van der Waals surface area (Å²) in [6.45, 7) is 0.543. The van der Waals surface area contributed by atoms with Gasteiger partial charge in [-0.1, -0.05) is 0 Å². The Morgan fingerprint density at radius 3 is 2.94 bits per heavy atom. The number of rotatable bonds is 3. The van der Waals surface area contributed by atoms with Crippen molar-refractivity contribution in [3.63, 3.8) is 0 Å². The van der Waals surface area contributed by atoms with Gasteiger partial charge in [0.2, 0.25) is 0 Å². The Labute approximate surface area is 106 Å². The van der Waals surface area contributed by atoms with Crippen molar-refractivity contribution < 1.29 is 8.42 Å². The summed E-state index contributed by atoms with van der Waals surface area (Å²) in [6, 6.07) is 5.20. The lowest BCUT2D eigenvalue weighted by Crippen LogP contribution is -2.16. The van der Waals surface area contributed by atoms with Gasteiger partial charge in [0.1, 0.15) is 11.9 Å². The fourth-order valence-electron chi connectivity index (χ4n) is 1.94. The van der Waals surface area contributed by atoms with E-state index in [9.17, 15) is 8.42 Å². The van der Waals surface area contributed by atoms with Gasteiger partial charge in [-0.3, -0.25) is 0 Å². The van der Waals surface area contributed by atoms with E-state index in [1.165, 1.54) is 0 Å². The Balaban J connectivity index is 1.97. The summed E-state index contributed by atoms with van der Waals surface area (Å²) in [5, 5.41) is 11.8. The van der Waals surface area contributed by atoms with Crippen LogP contribution in [0.4, 0.5) is 11.5 Å². The summed E-state index contributed by atoms with van der Waals surface area (Å²) < 4.78 is 22.6. The zero-order valence-corrected chi connectivity index (χ0v) is 10.6. The first kappa shape index (κ1) is 12.6. The average molecular weight is 266 g/mol. The van der Waals surface area contributed by atoms with E-state index in [0.717, 1.165) is 0 Å². The third-order valence-corrected chi connectivity index (χ3v) is 4.77. The van der Waals surface area contributed by atoms with E-state index < -0.39 is 9.84 Å². The van der Waals surface area contributed by atoms with Crippen LogP contribution in [0.5, 0.6) is 0 Å². The van der Waals surface area contributed by atoms with Gasteiger partial charge in [0, 0.05) is 6.54 Å². The van der Waals surface area contributed by atoms with Crippen LogP contribution in [0.15, 0.2) is 12.1 Å². The molecule has 1 saturated heterocycles. The number of anilines is 2. The number of pyridine rings is 1. The minimum absolute atomic E-state index is 0.111. The second-order valence-electron chi connectivity index (χ2n) is 4.40. The number of nitrogens with zero attached hydrogens (tertiary/aromatic N) is 2. The third-order valence-electron chi connectivity index (χ3n) is 2.93. The molecule has 6 nitrogen and oxygen atoms in total. The van der Waals surface area contributed by atoms with Crippen molar-refractivity contribution in [3.05, 3.63) is 17.8 Å². The van der Waals surface area contributed by atoms with Crippen LogP contribution in [-0.2, 0) is 9.84 Å². The summed E-state index contributed by atoms with van der Waals surface area (Å²) >= 11 is 0. The lowest BCUT2D eigenvalue weighted by molar-refractivity contribution is 0.595. The van der Waals surface area contributed by atoms with Gasteiger partial charge in [-0.2, -0.15) is 5.26 Å². The van der Waals surface area contributed by atoms with Crippen molar-refractivity contribution >= 4 is 21.3 Å². The molecule has 1 atom stereocenters. The SMILES string of the molecule is N#Cc1nc(NCC2CCS(=O)(=O)C2)ccc1N. The van der Waals surface area contributed by atoms with E-state index in [4.69, 9.17) is 11.0 Å². The number of nitrogens with two attached hydrogens (primary N) is 1. The van der Waals surface area contributed by atoms with Crippen molar-refractivity contribution in [2.24, 2.45) is 5.92 Å². The molecule has 1 aliphatic heterocycles. The molecule has 3 N–H and O–H groups in total. The molecule has 0 saturated carbocycles. The number of nitriles is 1. The van der Waals surface area contributed by atoms with Crippen LogP contribution in [-0.4, -0.2) is 31.5 Å². The zero-order valence-electron chi connectivity index (χ0n) is 9.76. The van der Waals surface area contributed by atoms with Gasteiger partial charge < -0.3 is 11.1 Å². The van der Waals surface area contributed by atoms with Crippen molar-refractivity contribution in [1.82, 2.24) is 4.98 Å². The Morgan fingerprint density at radius 1 is 1.56 bits per heavy atom. The summed E-state index contributed by atoms with van der Waals surface area (Å²) in [7, 11) is -2.85. The molecule has 1 aliphatic rings. The molecule has 18 heavy (non-hydrogen) atoms. The van der Waals surface area contributed by atoms with Crippen molar-refractivity contribution in [2.75, 3.05) is 29.1 Å². The van der Waals surface area contributed by atoms with Gasteiger partial charge in [-0.25, -0.2) is 13.4 Å². The van der Waals surface area contributed by atoms with Gasteiger partial charge in [-0.15, -0.1) is 0 Å². The van der Waals surface area contributed by atoms with Gasteiger partial charge >= 0.3 is 0 Å². The predicted octanol–water partition coefficient (Wildman–Crippen LogP) is 0.382. The van der Waals surface area contributed by atoms with Crippen LogP contribution in [0.3, 0.4) is 0 Å². The Bertz CT molecular complexity index is 592. The molecule has 0 bridgehead atoms. The van der Waals surface area contributed by atoms with Crippen LogP contribution < -0.4 is 11.1 Å². The molecule has 0 aliphatic carbocycles. The second-order valence-corrected chi connectivity index (χ2v) is 6.62. The largest absolute Gasteiger partial charge is 0.396 e. The quantitative estimate of drug-likeness (QED) is 0.818. The number of nitrogen functional groups attached to an aromatic ring is 1. The molecule has 1 fully saturated rings. The molecule has 0 spiro atoms. The number of hydrogen-bond donors (Lipinski definition) is 2. The smallest absolute Gasteiger partial charge is 0.165 e. The highest BCUT2D eigenvalue weighted by Gasteiger charge is 2.27. The highest BCUT2D eigenvalue weighted by atomic mass is 32.2. The maximum atomic E-state index is 11.3. The first-order valence-corrected chi connectivity index (χ1v) is 7.43. The summed E-state index contributed by atoms with van der Waals surface area (Å²) in [4.78, 5) is 4.04.